The number of hydrogen-bond acceptors (Lipinski definition) is 6. The van der Waals surface area contributed by atoms with Crippen LogP contribution in [0.15, 0.2) is 9.95 Å². The Morgan fingerprint density at radius 1 is 1.57 bits per heavy atom. The highest BCUT2D eigenvalue weighted by Gasteiger charge is 2.34. The molecule has 1 aromatic rings. The summed E-state index contributed by atoms with van der Waals surface area (Å²) in [4.78, 5) is 25.1. The maximum atomic E-state index is 12.3. The Hall–Kier alpha value is -1.29. The molecular formula is C11H18N4O4S2. The van der Waals surface area contributed by atoms with Gasteiger partial charge in [0.25, 0.3) is 0 Å². The van der Waals surface area contributed by atoms with Crippen LogP contribution in [0.4, 0.5) is 0 Å². The van der Waals surface area contributed by atoms with E-state index in [1.165, 1.54) is 21.2 Å². The lowest BCUT2D eigenvalue weighted by atomic mass is 10.2. The summed E-state index contributed by atoms with van der Waals surface area (Å²) in [5.41, 5.74) is -0.340. The summed E-state index contributed by atoms with van der Waals surface area (Å²) >= 11 is 1.17. The van der Waals surface area contributed by atoms with E-state index in [2.05, 4.69) is 10.2 Å². The fourth-order valence-corrected chi connectivity index (χ4v) is 4.89. The predicted molar refractivity (Wildman–Crippen MR) is 79.0 cm³/mol. The summed E-state index contributed by atoms with van der Waals surface area (Å²) in [6.45, 7) is 1.71. The largest absolute Gasteiger partial charge is 0.343 e. The first-order chi connectivity index (χ1) is 9.71. The highest BCUT2D eigenvalue weighted by atomic mass is 32.2. The second-order valence-corrected chi connectivity index (χ2v) is 8.67. The molecule has 2 heterocycles. The molecule has 1 amide bonds. The van der Waals surface area contributed by atoms with E-state index in [4.69, 9.17) is 0 Å². The van der Waals surface area contributed by atoms with Crippen molar-refractivity contribution in [1.29, 1.82) is 0 Å². The van der Waals surface area contributed by atoms with Gasteiger partial charge in [0.15, 0.2) is 15.0 Å². The van der Waals surface area contributed by atoms with Gasteiger partial charge >= 0.3 is 5.69 Å². The van der Waals surface area contributed by atoms with Crippen LogP contribution < -0.4 is 5.69 Å². The van der Waals surface area contributed by atoms with E-state index in [-0.39, 0.29) is 29.1 Å². The van der Waals surface area contributed by atoms with Gasteiger partial charge in [-0.1, -0.05) is 11.8 Å². The number of nitrogens with zero attached hydrogens (tertiary/aromatic N) is 3. The topological polar surface area (TPSA) is 105 Å². The van der Waals surface area contributed by atoms with Gasteiger partial charge < -0.3 is 4.90 Å². The number of sulfone groups is 1. The molecular weight excluding hydrogens is 316 g/mol. The number of amides is 1. The molecule has 0 radical (unpaired) electrons. The first-order valence-electron chi connectivity index (χ1n) is 6.46. The second kappa shape index (κ2) is 5.84. The summed E-state index contributed by atoms with van der Waals surface area (Å²) in [5, 5.41) is 6.12. The molecule has 2 atom stereocenters. The molecule has 1 saturated heterocycles. The molecule has 0 aliphatic carbocycles. The van der Waals surface area contributed by atoms with Crippen LogP contribution in [0.1, 0.15) is 13.3 Å². The molecule has 2 rings (SSSR count). The Kier molecular flexibility index (Phi) is 4.47. The van der Waals surface area contributed by atoms with Crippen LogP contribution in [0.5, 0.6) is 0 Å². The standard InChI is InChI=1S/C11H18N4O4S2/c1-7(20-11-13-12-10(17)15(11)3)9(16)14(2)8-4-5-21(18,19)6-8/h7-8H,4-6H2,1-3H3,(H,12,17)/t7-,8+/m0/s1. The first-order valence-corrected chi connectivity index (χ1v) is 9.16. The maximum absolute atomic E-state index is 12.3. The number of carbonyl (C=O) groups excluding carboxylic acids is 1. The van der Waals surface area contributed by atoms with Crippen LogP contribution in [-0.2, 0) is 21.7 Å². The summed E-state index contributed by atoms with van der Waals surface area (Å²) in [6, 6.07) is -0.270. The summed E-state index contributed by atoms with van der Waals surface area (Å²) < 4.78 is 24.3. The van der Waals surface area contributed by atoms with Crippen molar-refractivity contribution >= 4 is 27.5 Å². The van der Waals surface area contributed by atoms with Gasteiger partial charge in [0, 0.05) is 20.1 Å². The third-order valence-corrected chi connectivity index (χ3v) is 6.45. The van der Waals surface area contributed by atoms with Gasteiger partial charge in [-0.2, -0.15) is 0 Å². The van der Waals surface area contributed by atoms with Crippen molar-refractivity contribution < 1.29 is 13.2 Å². The average Bonchev–Trinajstić information content (AvgIpc) is 2.93. The molecule has 1 aromatic heterocycles. The molecule has 0 saturated carbocycles. The van der Waals surface area contributed by atoms with Crippen LogP contribution in [0, 0.1) is 0 Å². The van der Waals surface area contributed by atoms with Crippen molar-refractivity contribution in [2.45, 2.75) is 29.8 Å². The van der Waals surface area contributed by atoms with Crippen LogP contribution in [0.25, 0.3) is 0 Å². The first kappa shape index (κ1) is 16.1. The quantitative estimate of drug-likeness (QED) is 0.725. The van der Waals surface area contributed by atoms with E-state index >= 15 is 0 Å². The fraction of sp³-hybridized carbons (Fsp3) is 0.727. The number of rotatable bonds is 4. The third-order valence-electron chi connectivity index (χ3n) is 3.57. The highest BCUT2D eigenvalue weighted by molar-refractivity contribution is 8.00. The average molecular weight is 334 g/mol. The third kappa shape index (κ3) is 3.49. The van der Waals surface area contributed by atoms with E-state index in [0.717, 1.165) is 0 Å². The van der Waals surface area contributed by atoms with Gasteiger partial charge in [0.05, 0.1) is 16.8 Å². The van der Waals surface area contributed by atoms with Crippen LogP contribution in [-0.4, -0.2) is 63.8 Å². The van der Waals surface area contributed by atoms with E-state index in [1.807, 2.05) is 0 Å². The van der Waals surface area contributed by atoms with Crippen molar-refractivity contribution in [3.05, 3.63) is 10.5 Å². The Balaban J connectivity index is 2.02. The van der Waals surface area contributed by atoms with Gasteiger partial charge in [-0.05, 0) is 13.3 Å². The summed E-state index contributed by atoms with van der Waals surface area (Å²) in [6.07, 6.45) is 0.475. The molecule has 0 unspecified atom stereocenters. The lowest BCUT2D eigenvalue weighted by Crippen LogP contribution is -2.41. The Morgan fingerprint density at radius 2 is 2.24 bits per heavy atom. The number of nitrogens with one attached hydrogen (secondary N) is 1. The SMILES string of the molecule is C[C@H](Sc1n[nH]c(=O)n1C)C(=O)N(C)[C@@H]1CCS(=O)(=O)C1. The van der Waals surface area contributed by atoms with E-state index in [1.54, 1.807) is 21.0 Å². The zero-order chi connectivity index (χ0) is 15.8. The molecule has 1 aliphatic rings. The van der Waals surface area contributed by atoms with E-state index in [9.17, 15) is 18.0 Å². The van der Waals surface area contributed by atoms with E-state index < -0.39 is 15.1 Å². The van der Waals surface area contributed by atoms with Gasteiger partial charge in [-0.3, -0.25) is 9.36 Å². The Morgan fingerprint density at radius 3 is 2.71 bits per heavy atom. The molecule has 1 fully saturated rings. The molecule has 1 N–H and O–H groups in total. The number of carbonyl (C=O) groups is 1. The smallest absolute Gasteiger partial charge is 0.341 e. The van der Waals surface area contributed by atoms with Gasteiger partial charge in [0.1, 0.15) is 0 Å². The Bertz CT molecular complexity index is 693. The molecule has 118 valence electrons. The van der Waals surface area contributed by atoms with Crippen molar-refractivity contribution in [3.8, 4) is 0 Å². The number of hydrogen-bond donors (Lipinski definition) is 1. The van der Waals surface area contributed by atoms with Gasteiger partial charge in [0.2, 0.25) is 5.91 Å². The van der Waals surface area contributed by atoms with E-state index in [0.29, 0.717) is 11.6 Å². The van der Waals surface area contributed by atoms with Gasteiger partial charge in [-0.15, -0.1) is 5.10 Å². The van der Waals surface area contributed by atoms with Crippen LogP contribution in [0.3, 0.4) is 0 Å². The lowest BCUT2D eigenvalue weighted by molar-refractivity contribution is -0.130. The molecule has 0 spiro atoms. The molecule has 8 nitrogen and oxygen atoms in total. The zero-order valence-corrected chi connectivity index (χ0v) is 13.7. The van der Waals surface area contributed by atoms with Crippen molar-refractivity contribution in [1.82, 2.24) is 19.7 Å². The summed E-state index contributed by atoms with van der Waals surface area (Å²) in [7, 11) is 0.162. The number of aromatic amines is 1. The normalized spacial score (nSPS) is 22.1. The predicted octanol–water partition coefficient (Wildman–Crippen LogP) is -0.765. The number of H-pyrrole nitrogens is 1. The van der Waals surface area contributed by atoms with Crippen LogP contribution in [0.2, 0.25) is 0 Å². The molecule has 0 aromatic carbocycles. The molecule has 1 aliphatic heterocycles. The Labute approximate surface area is 126 Å². The number of thioether (sulfide) groups is 1. The second-order valence-electron chi connectivity index (χ2n) is 5.14. The maximum Gasteiger partial charge on any atom is 0.343 e. The highest BCUT2D eigenvalue weighted by Crippen LogP contribution is 2.23. The molecule has 10 heteroatoms. The minimum Gasteiger partial charge on any atom is -0.341 e. The monoisotopic (exact) mass is 334 g/mol. The minimum absolute atomic E-state index is 0.0213. The van der Waals surface area contributed by atoms with Crippen molar-refractivity contribution in [3.63, 3.8) is 0 Å². The van der Waals surface area contributed by atoms with Crippen molar-refractivity contribution in [2.75, 3.05) is 18.6 Å². The molecule has 0 bridgehead atoms. The molecule has 21 heavy (non-hydrogen) atoms. The number of aromatic nitrogens is 3. The minimum atomic E-state index is -3.03. The van der Waals surface area contributed by atoms with Crippen molar-refractivity contribution in [2.24, 2.45) is 7.05 Å². The zero-order valence-electron chi connectivity index (χ0n) is 12.1. The van der Waals surface area contributed by atoms with Gasteiger partial charge in [-0.25, -0.2) is 18.3 Å². The summed E-state index contributed by atoms with van der Waals surface area (Å²) in [5.74, 6) is -0.0179. The lowest BCUT2D eigenvalue weighted by Gasteiger charge is -2.26. The fourth-order valence-electron chi connectivity index (χ4n) is 2.19. The van der Waals surface area contributed by atoms with Crippen LogP contribution >= 0.6 is 11.8 Å².